The largest absolute Gasteiger partial charge is 0.481 e. The Morgan fingerprint density at radius 2 is 2.11 bits per heavy atom. The molecular formula is C14H18ClN3O. The van der Waals surface area contributed by atoms with Crippen molar-refractivity contribution >= 4 is 17.3 Å². The maximum absolute atomic E-state index is 5.95. The second kappa shape index (κ2) is 5.53. The second-order valence-corrected chi connectivity index (χ2v) is 4.95. The molecule has 4 nitrogen and oxygen atoms in total. The maximum Gasteiger partial charge on any atom is 0.216 e. The molecule has 0 aliphatic carbocycles. The van der Waals surface area contributed by atoms with Crippen LogP contribution in [0.2, 0.25) is 5.02 Å². The van der Waals surface area contributed by atoms with Gasteiger partial charge in [0.15, 0.2) is 0 Å². The van der Waals surface area contributed by atoms with Crippen LogP contribution in [-0.2, 0) is 13.6 Å². The third kappa shape index (κ3) is 2.84. The first-order valence-corrected chi connectivity index (χ1v) is 6.47. The predicted molar refractivity (Wildman–Crippen MR) is 78.0 cm³/mol. The van der Waals surface area contributed by atoms with Crippen molar-refractivity contribution in [2.24, 2.45) is 7.05 Å². The van der Waals surface area contributed by atoms with Crippen molar-refractivity contribution in [3.8, 4) is 5.88 Å². The third-order valence-electron chi connectivity index (χ3n) is 3.13. The summed E-state index contributed by atoms with van der Waals surface area (Å²) in [5, 5.41) is 8.50. The number of aryl methyl sites for hydroxylation is 3. The zero-order chi connectivity index (χ0) is 14.0. The smallest absolute Gasteiger partial charge is 0.216 e. The molecule has 0 atom stereocenters. The molecule has 0 aliphatic rings. The minimum absolute atomic E-state index is 0.672. The number of aromatic nitrogens is 2. The lowest BCUT2D eigenvalue weighted by molar-refractivity contribution is 0.370. The molecular weight excluding hydrogens is 262 g/mol. The predicted octanol–water partition coefficient (Wildman–Crippen LogP) is 3.31. The van der Waals surface area contributed by atoms with Gasteiger partial charge in [-0.1, -0.05) is 11.6 Å². The van der Waals surface area contributed by atoms with Gasteiger partial charge in [-0.2, -0.15) is 5.10 Å². The van der Waals surface area contributed by atoms with Crippen LogP contribution in [0, 0.1) is 13.8 Å². The van der Waals surface area contributed by atoms with E-state index in [1.807, 2.05) is 39.1 Å². The summed E-state index contributed by atoms with van der Waals surface area (Å²) in [4.78, 5) is 0. The highest BCUT2D eigenvalue weighted by atomic mass is 35.5. The molecule has 0 saturated carbocycles. The molecule has 1 aromatic heterocycles. The summed E-state index contributed by atoms with van der Waals surface area (Å²) in [6.07, 6.45) is 0. The van der Waals surface area contributed by atoms with Gasteiger partial charge < -0.3 is 10.1 Å². The fourth-order valence-electron chi connectivity index (χ4n) is 2.15. The quantitative estimate of drug-likeness (QED) is 0.933. The summed E-state index contributed by atoms with van der Waals surface area (Å²) < 4.78 is 7.13. The first kappa shape index (κ1) is 13.7. The van der Waals surface area contributed by atoms with E-state index in [1.165, 1.54) is 0 Å². The van der Waals surface area contributed by atoms with E-state index in [9.17, 15) is 0 Å². The van der Waals surface area contributed by atoms with Gasteiger partial charge >= 0.3 is 0 Å². The number of nitrogens with one attached hydrogen (secondary N) is 1. The fourth-order valence-corrected chi connectivity index (χ4v) is 2.38. The molecule has 2 rings (SSSR count). The van der Waals surface area contributed by atoms with Gasteiger partial charge in [0.2, 0.25) is 5.88 Å². The minimum atomic E-state index is 0.672. The zero-order valence-corrected chi connectivity index (χ0v) is 12.4. The fraction of sp³-hybridized carbons (Fsp3) is 0.357. The summed E-state index contributed by atoms with van der Waals surface area (Å²) in [6, 6.07) is 5.80. The second-order valence-electron chi connectivity index (χ2n) is 4.51. The minimum Gasteiger partial charge on any atom is -0.481 e. The number of halogens is 1. The number of nitrogens with zero attached hydrogens (tertiary/aromatic N) is 2. The number of hydrogen-bond donors (Lipinski definition) is 1. The number of methoxy groups -OCH3 is 1. The van der Waals surface area contributed by atoms with Gasteiger partial charge in [-0.05, 0) is 37.6 Å². The number of benzene rings is 1. The van der Waals surface area contributed by atoms with Crippen molar-refractivity contribution in [2.45, 2.75) is 20.4 Å². The van der Waals surface area contributed by atoms with E-state index in [0.29, 0.717) is 6.54 Å². The van der Waals surface area contributed by atoms with Crippen molar-refractivity contribution in [1.29, 1.82) is 0 Å². The topological polar surface area (TPSA) is 39.1 Å². The van der Waals surface area contributed by atoms with Crippen LogP contribution in [0.1, 0.15) is 16.8 Å². The lowest BCUT2D eigenvalue weighted by atomic mass is 10.2. The Hall–Kier alpha value is -1.68. The molecule has 0 amide bonds. The van der Waals surface area contributed by atoms with Crippen LogP contribution in [0.25, 0.3) is 0 Å². The van der Waals surface area contributed by atoms with E-state index in [0.717, 1.165) is 33.4 Å². The van der Waals surface area contributed by atoms with Crippen molar-refractivity contribution in [3.05, 3.63) is 40.0 Å². The SMILES string of the molecule is COc1c(CNc2ccc(Cl)cc2C)c(C)nn1C. The molecule has 0 unspecified atom stereocenters. The normalized spacial score (nSPS) is 10.6. The molecule has 0 radical (unpaired) electrons. The third-order valence-corrected chi connectivity index (χ3v) is 3.36. The Labute approximate surface area is 118 Å². The molecule has 0 bridgehead atoms. The zero-order valence-electron chi connectivity index (χ0n) is 11.6. The lowest BCUT2D eigenvalue weighted by Crippen LogP contribution is -2.04. The van der Waals surface area contributed by atoms with Gasteiger partial charge in [0.05, 0.1) is 18.4 Å². The summed E-state index contributed by atoms with van der Waals surface area (Å²) in [5.41, 5.74) is 4.22. The van der Waals surface area contributed by atoms with Crippen molar-refractivity contribution in [3.63, 3.8) is 0 Å². The summed E-state index contributed by atoms with van der Waals surface area (Å²) in [5.74, 6) is 0.789. The van der Waals surface area contributed by atoms with Crippen molar-refractivity contribution < 1.29 is 4.74 Å². The molecule has 0 fully saturated rings. The van der Waals surface area contributed by atoms with Gasteiger partial charge in [-0.3, -0.25) is 0 Å². The molecule has 1 heterocycles. The highest BCUT2D eigenvalue weighted by Crippen LogP contribution is 2.24. The number of ether oxygens (including phenoxy) is 1. The molecule has 102 valence electrons. The molecule has 0 aliphatic heterocycles. The highest BCUT2D eigenvalue weighted by Gasteiger charge is 2.13. The van der Waals surface area contributed by atoms with Gasteiger partial charge in [0.25, 0.3) is 0 Å². The van der Waals surface area contributed by atoms with E-state index >= 15 is 0 Å². The summed E-state index contributed by atoms with van der Waals surface area (Å²) >= 11 is 5.95. The Bertz CT molecular complexity index is 593. The first-order valence-electron chi connectivity index (χ1n) is 6.09. The van der Waals surface area contributed by atoms with E-state index in [4.69, 9.17) is 16.3 Å². The van der Waals surface area contributed by atoms with Crippen LogP contribution in [0.4, 0.5) is 5.69 Å². The monoisotopic (exact) mass is 279 g/mol. The molecule has 1 N–H and O–H groups in total. The van der Waals surface area contributed by atoms with Gasteiger partial charge in [0.1, 0.15) is 0 Å². The Morgan fingerprint density at radius 3 is 2.74 bits per heavy atom. The van der Waals surface area contributed by atoms with E-state index < -0.39 is 0 Å². The van der Waals surface area contributed by atoms with Gasteiger partial charge in [-0.25, -0.2) is 4.68 Å². The standard InChI is InChI=1S/C14H18ClN3O/c1-9-7-11(15)5-6-13(9)16-8-12-10(2)17-18(3)14(12)19-4/h5-7,16H,8H2,1-4H3. The van der Waals surface area contributed by atoms with Crippen LogP contribution in [-0.4, -0.2) is 16.9 Å². The summed E-state index contributed by atoms with van der Waals surface area (Å²) in [6.45, 7) is 4.68. The van der Waals surface area contributed by atoms with Gasteiger partial charge in [-0.15, -0.1) is 0 Å². The highest BCUT2D eigenvalue weighted by molar-refractivity contribution is 6.30. The molecule has 1 aromatic carbocycles. The maximum atomic E-state index is 5.95. The van der Waals surface area contributed by atoms with Crippen LogP contribution in [0.3, 0.4) is 0 Å². The Balaban J connectivity index is 2.19. The number of anilines is 1. The molecule has 5 heteroatoms. The number of hydrogen-bond acceptors (Lipinski definition) is 3. The molecule has 2 aromatic rings. The molecule has 0 spiro atoms. The van der Waals surface area contributed by atoms with Gasteiger partial charge in [0, 0.05) is 24.3 Å². The average Bonchev–Trinajstić information content (AvgIpc) is 2.62. The van der Waals surface area contributed by atoms with Crippen LogP contribution < -0.4 is 10.1 Å². The van der Waals surface area contributed by atoms with E-state index in [1.54, 1.807) is 11.8 Å². The molecule has 19 heavy (non-hydrogen) atoms. The lowest BCUT2D eigenvalue weighted by Gasteiger charge is -2.10. The molecule has 0 saturated heterocycles. The van der Waals surface area contributed by atoms with Crippen LogP contribution in [0.15, 0.2) is 18.2 Å². The Morgan fingerprint density at radius 1 is 1.37 bits per heavy atom. The van der Waals surface area contributed by atoms with Crippen molar-refractivity contribution in [2.75, 3.05) is 12.4 Å². The first-order chi connectivity index (χ1) is 9.02. The van der Waals surface area contributed by atoms with E-state index in [2.05, 4.69) is 10.4 Å². The number of rotatable bonds is 4. The Kier molecular flexibility index (Phi) is 4.00. The van der Waals surface area contributed by atoms with Crippen molar-refractivity contribution in [1.82, 2.24) is 9.78 Å². The average molecular weight is 280 g/mol. The van der Waals surface area contributed by atoms with Crippen LogP contribution >= 0.6 is 11.6 Å². The van der Waals surface area contributed by atoms with E-state index in [-0.39, 0.29) is 0 Å². The van der Waals surface area contributed by atoms with Crippen LogP contribution in [0.5, 0.6) is 5.88 Å². The summed E-state index contributed by atoms with van der Waals surface area (Å²) in [7, 11) is 3.54.